The number of aliphatic carboxylic acids is 1. The molecule has 2 aliphatic heterocycles. The minimum absolute atomic E-state index is 0.0119. The van der Waals surface area contributed by atoms with Crippen LogP contribution < -0.4 is 0 Å². The van der Waals surface area contributed by atoms with Crippen LogP contribution in [-0.4, -0.2) is 90.2 Å². The fraction of sp³-hybridized carbons (Fsp3) is 0.850. The van der Waals surface area contributed by atoms with E-state index in [1.54, 1.807) is 11.8 Å². The third kappa shape index (κ3) is 6.36. The molecule has 28 heavy (non-hydrogen) atoms. The molecule has 1 N–H and O–H groups in total. The van der Waals surface area contributed by atoms with Crippen LogP contribution in [0.4, 0.5) is 4.79 Å². The molecule has 160 valence electrons. The smallest absolute Gasteiger partial charge is 0.319 e. The molecular formula is C20H35N3O5. The number of likely N-dealkylation sites (tertiary alicyclic amines) is 2. The number of carboxylic acids is 1. The molecule has 0 bridgehead atoms. The molecule has 2 rings (SSSR count). The van der Waals surface area contributed by atoms with Crippen molar-refractivity contribution >= 4 is 17.9 Å². The highest BCUT2D eigenvalue weighted by Gasteiger charge is 2.33. The van der Waals surface area contributed by atoms with Crippen molar-refractivity contribution in [3.63, 3.8) is 0 Å². The van der Waals surface area contributed by atoms with Crippen LogP contribution in [0.2, 0.25) is 0 Å². The van der Waals surface area contributed by atoms with Gasteiger partial charge >= 0.3 is 12.0 Å². The van der Waals surface area contributed by atoms with Gasteiger partial charge in [0.15, 0.2) is 0 Å². The van der Waals surface area contributed by atoms with Crippen molar-refractivity contribution in [3.05, 3.63) is 0 Å². The quantitative estimate of drug-likeness (QED) is 0.600. The Balaban J connectivity index is 1.88. The number of piperidine rings is 1. The summed E-state index contributed by atoms with van der Waals surface area (Å²) in [7, 11) is 0. The van der Waals surface area contributed by atoms with Gasteiger partial charge in [0.1, 0.15) is 0 Å². The lowest BCUT2D eigenvalue weighted by Crippen LogP contribution is -2.49. The van der Waals surface area contributed by atoms with Gasteiger partial charge in [-0.25, -0.2) is 4.79 Å². The molecule has 8 nitrogen and oxygen atoms in total. The van der Waals surface area contributed by atoms with E-state index in [-0.39, 0.29) is 24.4 Å². The molecule has 0 aromatic carbocycles. The Hall–Kier alpha value is -1.83. The molecule has 8 heteroatoms. The number of carbonyl (C=O) groups is 3. The molecule has 1 unspecified atom stereocenters. The first-order valence-corrected chi connectivity index (χ1v) is 10.6. The molecule has 2 aliphatic rings. The number of rotatable bonds is 9. The predicted molar refractivity (Wildman–Crippen MR) is 105 cm³/mol. The Morgan fingerprint density at radius 1 is 1.11 bits per heavy atom. The van der Waals surface area contributed by atoms with E-state index in [0.29, 0.717) is 52.1 Å². The summed E-state index contributed by atoms with van der Waals surface area (Å²) in [5.74, 6) is -1.63. The highest BCUT2D eigenvalue weighted by Crippen LogP contribution is 2.22. The van der Waals surface area contributed by atoms with Crippen molar-refractivity contribution in [3.8, 4) is 0 Å². The highest BCUT2D eigenvalue weighted by molar-refractivity contribution is 5.80. The topological polar surface area (TPSA) is 90.4 Å². The van der Waals surface area contributed by atoms with Crippen LogP contribution in [0.15, 0.2) is 0 Å². The predicted octanol–water partition coefficient (Wildman–Crippen LogP) is 1.89. The summed E-state index contributed by atoms with van der Waals surface area (Å²) in [6.45, 7) is 8.30. The highest BCUT2D eigenvalue weighted by atomic mass is 16.5. The maximum absolute atomic E-state index is 13.0. The van der Waals surface area contributed by atoms with Gasteiger partial charge in [-0.2, -0.15) is 0 Å². The SMILES string of the molecule is CCOCCCN(CC(C)C(=O)O)C(=O)C1CCN(C(=O)N2CCCC2)CC1. The third-order valence-electron chi connectivity index (χ3n) is 5.64. The first-order valence-electron chi connectivity index (χ1n) is 10.6. The summed E-state index contributed by atoms with van der Waals surface area (Å²) >= 11 is 0. The first-order chi connectivity index (χ1) is 13.4. The van der Waals surface area contributed by atoms with Crippen molar-refractivity contribution in [2.24, 2.45) is 11.8 Å². The van der Waals surface area contributed by atoms with E-state index in [1.807, 2.05) is 16.7 Å². The van der Waals surface area contributed by atoms with Gasteiger partial charge in [-0.3, -0.25) is 9.59 Å². The monoisotopic (exact) mass is 397 g/mol. The molecule has 1 atom stereocenters. The van der Waals surface area contributed by atoms with Crippen molar-refractivity contribution in [1.82, 2.24) is 14.7 Å². The zero-order valence-corrected chi connectivity index (χ0v) is 17.3. The van der Waals surface area contributed by atoms with Gasteiger partial charge in [0.2, 0.25) is 5.91 Å². The van der Waals surface area contributed by atoms with Crippen molar-refractivity contribution < 1.29 is 24.2 Å². The Morgan fingerprint density at radius 3 is 2.29 bits per heavy atom. The zero-order valence-electron chi connectivity index (χ0n) is 17.3. The zero-order chi connectivity index (χ0) is 20.5. The van der Waals surface area contributed by atoms with E-state index >= 15 is 0 Å². The Kier molecular flexibility index (Phi) is 9.02. The van der Waals surface area contributed by atoms with Gasteiger partial charge in [0.05, 0.1) is 5.92 Å². The Bertz CT molecular complexity index is 528. The van der Waals surface area contributed by atoms with Gasteiger partial charge in [-0.05, 0) is 39.0 Å². The van der Waals surface area contributed by atoms with Crippen molar-refractivity contribution in [2.45, 2.75) is 46.0 Å². The summed E-state index contributed by atoms with van der Waals surface area (Å²) in [6.07, 6.45) is 4.11. The van der Waals surface area contributed by atoms with Crippen LogP contribution in [0.25, 0.3) is 0 Å². The number of ether oxygens (including phenoxy) is 1. The Morgan fingerprint density at radius 2 is 1.71 bits per heavy atom. The average molecular weight is 398 g/mol. The molecule has 2 fully saturated rings. The fourth-order valence-electron chi connectivity index (χ4n) is 3.89. The second-order valence-corrected chi connectivity index (χ2v) is 7.81. The van der Waals surface area contributed by atoms with E-state index in [9.17, 15) is 19.5 Å². The number of carbonyl (C=O) groups excluding carboxylic acids is 2. The van der Waals surface area contributed by atoms with Gasteiger partial charge in [0.25, 0.3) is 0 Å². The number of hydrogen-bond acceptors (Lipinski definition) is 4. The molecular weight excluding hydrogens is 362 g/mol. The minimum Gasteiger partial charge on any atom is -0.481 e. The van der Waals surface area contributed by atoms with Crippen molar-refractivity contribution in [1.29, 1.82) is 0 Å². The molecule has 2 saturated heterocycles. The van der Waals surface area contributed by atoms with Crippen LogP contribution >= 0.6 is 0 Å². The number of urea groups is 1. The fourth-order valence-corrected chi connectivity index (χ4v) is 3.89. The summed E-state index contributed by atoms with van der Waals surface area (Å²) < 4.78 is 5.35. The number of nitrogens with zero attached hydrogens (tertiary/aromatic N) is 3. The molecule has 3 amide bonds. The number of amides is 3. The van der Waals surface area contributed by atoms with Gasteiger partial charge in [-0.15, -0.1) is 0 Å². The van der Waals surface area contributed by atoms with Crippen LogP contribution in [0, 0.1) is 11.8 Å². The lowest BCUT2D eigenvalue weighted by Gasteiger charge is -2.36. The van der Waals surface area contributed by atoms with Crippen LogP contribution in [-0.2, 0) is 14.3 Å². The van der Waals surface area contributed by atoms with Gasteiger partial charge < -0.3 is 24.5 Å². The second kappa shape index (κ2) is 11.2. The van der Waals surface area contributed by atoms with Gasteiger partial charge in [-0.1, -0.05) is 6.92 Å². The average Bonchev–Trinajstić information content (AvgIpc) is 3.24. The molecule has 0 aliphatic carbocycles. The second-order valence-electron chi connectivity index (χ2n) is 7.81. The summed E-state index contributed by atoms with van der Waals surface area (Å²) in [6, 6.07) is 0.0940. The molecule has 2 heterocycles. The molecule has 0 saturated carbocycles. The van der Waals surface area contributed by atoms with E-state index in [0.717, 1.165) is 25.9 Å². The number of carboxylic acid groups (broad SMARTS) is 1. The standard InChI is InChI=1S/C20H35N3O5/c1-3-28-14-6-11-23(15-16(2)19(25)26)18(24)17-7-12-22(13-8-17)20(27)21-9-4-5-10-21/h16-17H,3-15H2,1-2H3,(H,25,26). The van der Waals surface area contributed by atoms with E-state index in [4.69, 9.17) is 4.74 Å². The van der Waals surface area contributed by atoms with Crippen LogP contribution in [0.1, 0.15) is 46.0 Å². The van der Waals surface area contributed by atoms with Crippen LogP contribution in [0.3, 0.4) is 0 Å². The van der Waals surface area contributed by atoms with E-state index in [2.05, 4.69) is 0 Å². The summed E-state index contributed by atoms with van der Waals surface area (Å²) in [5, 5.41) is 9.22. The molecule has 0 aromatic rings. The summed E-state index contributed by atoms with van der Waals surface area (Å²) in [4.78, 5) is 42.2. The first kappa shape index (κ1) is 22.5. The van der Waals surface area contributed by atoms with E-state index in [1.165, 1.54) is 0 Å². The lowest BCUT2D eigenvalue weighted by molar-refractivity contribution is -0.144. The molecule has 0 spiro atoms. The third-order valence-corrected chi connectivity index (χ3v) is 5.64. The lowest BCUT2D eigenvalue weighted by atomic mass is 9.94. The number of hydrogen-bond donors (Lipinski definition) is 1. The summed E-state index contributed by atoms with van der Waals surface area (Å²) in [5.41, 5.74) is 0. The maximum atomic E-state index is 13.0. The van der Waals surface area contributed by atoms with Crippen molar-refractivity contribution in [2.75, 3.05) is 52.5 Å². The van der Waals surface area contributed by atoms with Gasteiger partial charge in [0, 0.05) is 58.4 Å². The largest absolute Gasteiger partial charge is 0.481 e. The normalized spacial score (nSPS) is 18.9. The molecule has 0 radical (unpaired) electrons. The van der Waals surface area contributed by atoms with E-state index < -0.39 is 11.9 Å². The molecule has 0 aromatic heterocycles. The minimum atomic E-state index is -0.895. The van der Waals surface area contributed by atoms with Crippen LogP contribution in [0.5, 0.6) is 0 Å². The Labute approximate surface area is 167 Å². The maximum Gasteiger partial charge on any atom is 0.319 e.